The molecule has 0 aliphatic carbocycles. The number of carbonyl (C=O) groups is 3. The number of ether oxygens (including phenoxy) is 3. The molecule has 0 saturated heterocycles. The Morgan fingerprint density at radius 2 is 1.36 bits per heavy atom. The summed E-state index contributed by atoms with van der Waals surface area (Å²) in [5.74, 6) is -2.67. The Bertz CT molecular complexity index is 667. The van der Waals surface area contributed by atoms with Crippen LogP contribution in [0.15, 0.2) is 24.3 Å². The van der Waals surface area contributed by atoms with Gasteiger partial charge in [-0.25, -0.2) is 9.59 Å². The first kappa shape index (κ1) is 29.0. The fourth-order valence-electron chi connectivity index (χ4n) is 1.58. The quantitative estimate of drug-likeness (QED) is 0.119. The number of hydrogen-bond donors (Lipinski definition) is 1. The van der Waals surface area contributed by atoms with Gasteiger partial charge in [0.1, 0.15) is 18.6 Å². The van der Waals surface area contributed by atoms with Crippen LogP contribution in [0.2, 0.25) is 0 Å². The van der Waals surface area contributed by atoms with Crippen molar-refractivity contribution in [2.75, 3.05) is 25.6 Å². The molecule has 9 nitrogen and oxygen atoms in total. The summed E-state index contributed by atoms with van der Waals surface area (Å²) in [6.07, 6.45) is 0.289. The Kier molecular flexibility index (Phi) is 13.6. The molecule has 0 aliphatic rings. The standard InChI is InChI=1S/C17H26O9S.Na.H/c1-12(2)14(18)25-10-17(5,11-26-15(19)13(3)4)16(20)24-8-6-7-9-27(21,22)23;;/h1,3,6-11H2,2,4-5H3,(H,21,22,23);;. The molecular weight excluding hydrogens is 403 g/mol. The van der Waals surface area contributed by atoms with Crippen molar-refractivity contribution in [2.24, 2.45) is 5.41 Å². The zero-order valence-electron chi connectivity index (χ0n) is 15.8. The van der Waals surface area contributed by atoms with Crippen LogP contribution >= 0.6 is 0 Å². The van der Waals surface area contributed by atoms with Gasteiger partial charge in [-0.15, -0.1) is 0 Å². The van der Waals surface area contributed by atoms with Crippen molar-refractivity contribution >= 4 is 57.6 Å². The van der Waals surface area contributed by atoms with Crippen LogP contribution in [0.1, 0.15) is 33.6 Å². The fraction of sp³-hybridized carbons (Fsp3) is 0.588. The second-order valence-electron chi connectivity index (χ2n) is 6.40. The normalized spacial score (nSPS) is 11.0. The fourth-order valence-corrected chi connectivity index (χ4v) is 2.15. The van der Waals surface area contributed by atoms with Gasteiger partial charge in [0.05, 0.1) is 12.4 Å². The molecule has 0 unspecified atom stereocenters. The van der Waals surface area contributed by atoms with Crippen molar-refractivity contribution in [3.05, 3.63) is 24.3 Å². The van der Waals surface area contributed by atoms with E-state index in [0.717, 1.165) is 0 Å². The molecule has 0 aromatic carbocycles. The van der Waals surface area contributed by atoms with Gasteiger partial charge in [-0.05, 0) is 33.6 Å². The van der Waals surface area contributed by atoms with E-state index in [2.05, 4.69) is 13.2 Å². The molecule has 0 fully saturated rings. The molecule has 0 heterocycles. The number of esters is 3. The van der Waals surface area contributed by atoms with Crippen LogP contribution in [0.4, 0.5) is 0 Å². The summed E-state index contributed by atoms with van der Waals surface area (Å²) in [6, 6.07) is 0. The molecule has 0 aliphatic heterocycles. The van der Waals surface area contributed by atoms with Crippen molar-refractivity contribution < 1.29 is 41.6 Å². The van der Waals surface area contributed by atoms with Gasteiger partial charge in [-0.2, -0.15) is 8.42 Å². The van der Waals surface area contributed by atoms with Crippen LogP contribution < -0.4 is 0 Å². The molecule has 1 N–H and O–H groups in total. The van der Waals surface area contributed by atoms with Gasteiger partial charge in [0.15, 0.2) is 0 Å². The first-order chi connectivity index (χ1) is 12.3. The van der Waals surface area contributed by atoms with Gasteiger partial charge >= 0.3 is 47.5 Å². The predicted octanol–water partition coefficient (Wildman–Crippen LogP) is 0.794. The van der Waals surface area contributed by atoms with Gasteiger partial charge in [0.2, 0.25) is 0 Å². The Balaban J connectivity index is 0. The molecule has 156 valence electrons. The summed E-state index contributed by atoms with van der Waals surface area (Å²) in [5.41, 5.74) is -1.20. The third kappa shape index (κ3) is 12.3. The van der Waals surface area contributed by atoms with Crippen molar-refractivity contribution in [2.45, 2.75) is 33.6 Å². The molecule has 11 heteroatoms. The molecule has 0 aromatic heterocycles. The van der Waals surface area contributed by atoms with Gasteiger partial charge in [0, 0.05) is 11.1 Å². The summed E-state index contributed by atoms with van der Waals surface area (Å²) in [7, 11) is -4.08. The third-order valence-corrected chi connectivity index (χ3v) is 4.07. The van der Waals surface area contributed by atoms with Crippen LogP contribution in [0.25, 0.3) is 0 Å². The van der Waals surface area contributed by atoms with Gasteiger partial charge < -0.3 is 14.2 Å². The first-order valence-electron chi connectivity index (χ1n) is 8.06. The molecule has 0 rings (SSSR count). The van der Waals surface area contributed by atoms with E-state index in [1.165, 1.54) is 20.8 Å². The first-order valence-corrected chi connectivity index (χ1v) is 9.67. The Labute approximate surface area is 187 Å². The van der Waals surface area contributed by atoms with Crippen LogP contribution in [0, 0.1) is 5.41 Å². The summed E-state index contributed by atoms with van der Waals surface area (Å²) < 4.78 is 44.9. The monoisotopic (exact) mass is 430 g/mol. The van der Waals surface area contributed by atoms with Crippen molar-refractivity contribution in [1.29, 1.82) is 0 Å². The number of hydrogen-bond acceptors (Lipinski definition) is 8. The van der Waals surface area contributed by atoms with Crippen LogP contribution in [0.3, 0.4) is 0 Å². The van der Waals surface area contributed by atoms with Gasteiger partial charge in [0.25, 0.3) is 10.1 Å². The average Bonchev–Trinajstić information content (AvgIpc) is 2.55. The van der Waals surface area contributed by atoms with Crippen LogP contribution in [-0.4, -0.2) is 86.0 Å². The second kappa shape index (κ2) is 13.1. The number of rotatable bonds is 12. The topological polar surface area (TPSA) is 133 Å². The van der Waals surface area contributed by atoms with E-state index in [4.69, 9.17) is 18.8 Å². The molecule has 0 bridgehead atoms. The third-order valence-electron chi connectivity index (χ3n) is 3.26. The van der Waals surface area contributed by atoms with E-state index in [1.807, 2.05) is 0 Å². The van der Waals surface area contributed by atoms with E-state index in [9.17, 15) is 22.8 Å². The molecule has 0 atom stereocenters. The van der Waals surface area contributed by atoms with Crippen LogP contribution in [-0.2, 0) is 38.7 Å². The van der Waals surface area contributed by atoms with Gasteiger partial charge in [-0.1, -0.05) is 13.2 Å². The average molecular weight is 430 g/mol. The molecule has 0 radical (unpaired) electrons. The van der Waals surface area contributed by atoms with Crippen molar-refractivity contribution in [1.82, 2.24) is 0 Å². The summed E-state index contributed by atoms with van der Waals surface area (Å²) in [4.78, 5) is 35.5. The summed E-state index contributed by atoms with van der Waals surface area (Å²) in [6.45, 7) is 10.2. The number of carbonyl (C=O) groups excluding carboxylic acids is 3. The second-order valence-corrected chi connectivity index (χ2v) is 7.97. The zero-order chi connectivity index (χ0) is 21.3. The molecular formula is C17H27NaO9S. The number of unbranched alkanes of at least 4 members (excludes halogenated alkanes) is 1. The van der Waals surface area contributed by atoms with Crippen molar-refractivity contribution in [3.63, 3.8) is 0 Å². The Morgan fingerprint density at radius 3 is 1.71 bits per heavy atom. The minimum atomic E-state index is -4.08. The Morgan fingerprint density at radius 1 is 0.929 bits per heavy atom. The van der Waals surface area contributed by atoms with Gasteiger partial charge in [-0.3, -0.25) is 9.35 Å². The maximum absolute atomic E-state index is 12.4. The molecule has 28 heavy (non-hydrogen) atoms. The van der Waals surface area contributed by atoms with E-state index in [1.54, 1.807) is 0 Å². The van der Waals surface area contributed by atoms with Crippen LogP contribution in [0.5, 0.6) is 0 Å². The van der Waals surface area contributed by atoms with E-state index in [-0.39, 0.29) is 60.2 Å². The molecule has 0 amide bonds. The van der Waals surface area contributed by atoms with E-state index >= 15 is 0 Å². The summed E-state index contributed by atoms with van der Waals surface area (Å²) in [5, 5.41) is 0. The summed E-state index contributed by atoms with van der Waals surface area (Å²) >= 11 is 0. The molecule has 0 saturated carbocycles. The predicted molar refractivity (Wildman–Crippen MR) is 103 cm³/mol. The zero-order valence-corrected chi connectivity index (χ0v) is 16.6. The minimum absolute atomic E-state index is 0. The molecule has 0 aromatic rings. The Hall–Kier alpha value is -1.20. The van der Waals surface area contributed by atoms with Crippen molar-refractivity contribution in [3.8, 4) is 0 Å². The van der Waals surface area contributed by atoms with E-state index < -0.39 is 52.4 Å². The van der Waals surface area contributed by atoms with E-state index in [0.29, 0.717) is 0 Å². The molecule has 0 spiro atoms. The maximum atomic E-state index is 12.4. The SMILES string of the molecule is C=C(C)C(=O)OCC(C)(COC(=O)C(=C)C)C(=O)OCCCCS(=O)(=O)O.[NaH].